The molecular formula is C21H22N2O7S. The Labute approximate surface area is 178 Å². The predicted octanol–water partition coefficient (Wildman–Crippen LogP) is 3.16. The quantitative estimate of drug-likeness (QED) is 0.566. The Kier molecular flexibility index (Phi) is 5.84. The van der Waals surface area contributed by atoms with Crippen LogP contribution in [0, 0.1) is 0 Å². The molecule has 31 heavy (non-hydrogen) atoms. The number of carboxylic acid groups (broad SMARTS) is 1. The molecule has 0 bridgehead atoms. The van der Waals surface area contributed by atoms with Crippen molar-refractivity contribution in [2.75, 3.05) is 19.5 Å². The van der Waals surface area contributed by atoms with Crippen molar-refractivity contribution < 1.29 is 32.5 Å². The van der Waals surface area contributed by atoms with Crippen molar-refractivity contribution in [3.63, 3.8) is 0 Å². The molecule has 0 aliphatic carbocycles. The number of hydrogen-bond acceptors (Lipinski definition) is 7. The first-order chi connectivity index (χ1) is 14.8. The van der Waals surface area contributed by atoms with Crippen LogP contribution >= 0.6 is 0 Å². The average Bonchev–Trinajstić information content (AvgIpc) is 3.14. The second-order valence-electron chi connectivity index (χ2n) is 7.46. The lowest BCUT2D eigenvalue weighted by Crippen LogP contribution is -2.25. The van der Waals surface area contributed by atoms with Gasteiger partial charge in [-0.2, -0.15) is 0 Å². The third-order valence-electron chi connectivity index (χ3n) is 4.80. The fourth-order valence-electron chi connectivity index (χ4n) is 3.39. The van der Waals surface area contributed by atoms with Crippen molar-refractivity contribution in [1.29, 1.82) is 0 Å². The summed E-state index contributed by atoms with van der Waals surface area (Å²) < 4.78 is 40.2. The molecule has 2 aromatic heterocycles. The molecule has 0 unspecified atom stereocenters. The maximum atomic E-state index is 11.4. The molecule has 0 atom stereocenters. The van der Waals surface area contributed by atoms with Gasteiger partial charge in [-0.3, -0.25) is 4.98 Å². The number of fused-ring (bicyclic) bond motifs is 1. The molecule has 0 amide bonds. The van der Waals surface area contributed by atoms with Gasteiger partial charge in [0.15, 0.2) is 9.84 Å². The molecular weight excluding hydrogens is 424 g/mol. The molecule has 1 aromatic carbocycles. The van der Waals surface area contributed by atoms with E-state index in [2.05, 4.69) is 9.97 Å². The average molecular weight is 446 g/mol. The van der Waals surface area contributed by atoms with Gasteiger partial charge in [0.05, 0.1) is 36.4 Å². The van der Waals surface area contributed by atoms with Crippen molar-refractivity contribution >= 4 is 26.7 Å². The molecule has 0 spiro atoms. The van der Waals surface area contributed by atoms with Crippen LogP contribution in [0.5, 0.6) is 17.2 Å². The van der Waals surface area contributed by atoms with E-state index in [4.69, 9.17) is 14.2 Å². The van der Waals surface area contributed by atoms with Crippen LogP contribution in [0.1, 0.15) is 29.0 Å². The molecule has 4 rings (SSSR count). The first-order valence-electron chi connectivity index (χ1n) is 9.72. The molecule has 3 aromatic rings. The van der Waals surface area contributed by atoms with Gasteiger partial charge in [0.25, 0.3) is 0 Å². The molecule has 1 saturated heterocycles. The van der Waals surface area contributed by atoms with E-state index in [1.807, 2.05) is 0 Å². The monoisotopic (exact) mass is 446 g/mol. The van der Waals surface area contributed by atoms with Crippen LogP contribution in [0.25, 0.3) is 10.9 Å². The van der Waals surface area contributed by atoms with Crippen LogP contribution in [0.3, 0.4) is 0 Å². The van der Waals surface area contributed by atoms with Gasteiger partial charge in [0.2, 0.25) is 0 Å². The molecule has 3 heterocycles. The number of sulfone groups is 1. The summed E-state index contributed by atoms with van der Waals surface area (Å²) >= 11 is 0. The largest absolute Gasteiger partial charge is 0.488 e. The number of H-pyrrole nitrogens is 1. The fourth-order valence-corrected chi connectivity index (χ4v) is 4.09. The first-order valence-corrected chi connectivity index (χ1v) is 11.8. The third kappa shape index (κ3) is 5.33. The second-order valence-corrected chi connectivity index (χ2v) is 9.60. The number of rotatable bonds is 7. The highest BCUT2D eigenvalue weighted by molar-refractivity contribution is 7.89. The van der Waals surface area contributed by atoms with Crippen LogP contribution in [-0.2, 0) is 20.3 Å². The van der Waals surface area contributed by atoms with E-state index >= 15 is 0 Å². The Bertz CT molecular complexity index is 1200. The zero-order chi connectivity index (χ0) is 22.0. The predicted molar refractivity (Wildman–Crippen MR) is 113 cm³/mol. The summed E-state index contributed by atoms with van der Waals surface area (Å²) in [5.74, 6) is 0.143. The van der Waals surface area contributed by atoms with Gasteiger partial charge < -0.3 is 24.3 Å². The van der Waals surface area contributed by atoms with Crippen LogP contribution in [0.4, 0.5) is 0 Å². The van der Waals surface area contributed by atoms with E-state index in [9.17, 15) is 18.3 Å². The van der Waals surface area contributed by atoms with Crippen molar-refractivity contribution in [1.82, 2.24) is 9.97 Å². The number of ether oxygens (including phenoxy) is 3. The Hall–Kier alpha value is -3.11. The van der Waals surface area contributed by atoms with Crippen molar-refractivity contribution in [2.45, 2.75) is 24.7 Å². The molecule has 1 fully saturated rings. The minimum absolute atomic E-state index is 0.0410. The number of carbonyl (C=O) groups is 1. The smallest absolute Gasteiger partial charge is 0.352 e. The second kappa shape index (κ2) is 8.56. The summed E-state index contributed by atoms with van der Waals surface area (Å²) in [5, 5.41) is 9.98. The van der Waals surface area contributed by atoms with Gasteiger partial charge in [-0.05, 0) is 24.3 Å². The highest BCUT2D eigenvalue weighted by Crippen LogP contribution is 2.35. The lowest BCUT2D eigenvalue weighted by atomic mass is 10.1. The summed E-state index contributed by atoms with van der Waals surface area (Å²) in [6.45, 7) is 1.22. The number of benzene rings is 1. The van der Waals surface area contributed by atoms with E-state index < -0.39 is 15.8 Å². The normalized spacial score (nSPS) is 15.1. The minimum Gasteiger partial charge on any atom is -0.488 e. The van der Waals surface area contributed by atoms with Crippen molar-refractivity contribution in [3.05, 3.63) is 47.9 Å². The summed E-state index contributed by atoms with van der Waals surface area (Å²) in [6.07, 6.45) is 4.04. The van der Waals surface area contributed by atoms with Gasteiger partial charge in [-0.25, -0.2) is 13.2 Å². The van der Waals surface area contributed by atoms with Crippen molar-refractivity contribution in [2.24, 2.45) is 0 Å². The van der Waals surface area contributed by atoms with Gasteiger partial charge in [-0.1, -0.05) is 0 Å². The summed E-state index contributed by atoms with van der Waals surface area (Å²) in [7, 11) is -3.18. The minimum atomic E-state index is -3.18. The molecule has 164 valence electrons. The van der Waals surface area contributed by atoms with E-state index in [0.29, 0.717) is 47.1 Å². The maximum Gasteiger partial charge on any atom is 0.352 e. The van der Waals surface area contributed by atoms with Gasteiger partial charge in [-0.15, -0.1) is 0 Å². The summed E-state index contributed by atoms with van der Waals surface area (Å²) in [6, 6.07) is 8.16. The maximum absolute atomic E-state index is 11.4. The highest BCUT2D eigenvalue weighted by atomic mass is 32.2. The van der Waals surface area contributed by atoms with Crippen molar-refractivity contribution in [3.8, 4) is 17.2 Å². The molecule has 10 heteroatoms. The van der Waals surface area contributed by atoms with Crippen LogP contribution in [-0.4, -0.2) is 55.0 Å². The number of aromatic amines is 1. The lowest BCUT2D eigenvalue weighted by molar-refractivity contribution is 0.0260. The summed E-state index contributed by atoms with van der Waals surface area (Å²) in [4.78, 5) is 18.4. The number of pyridine rings is 1. The fraction of sp³-hybridized carbons (Fsp3) is 0.333. The lowest BCUT2D eigenvalue weighted by Gasteiger charge is -2.24. The van der Waals surface area contributed by atoms with E-state index in [1.54, 1.807) is 24.3 Å². The van der Waals surface area contributed by atoms with Crippen LogP contribution < -0.4 is 9.47 Å². The number of carboxylic acids is 1. The molecule has 9 nitrogen and oxygen atoms in total. The molecule has 1 aliphatic heterocycles. The van der Waals surface area contributed by atoms with E-state index in [1.165, 1.54) is 12.3 Å². The zero-order valence-electron chi connectivity index (χ0n) is 16.8. The molecule has 2 N–H and O–H groups in total. The molecule has 1 aliphatic rings. The highest BCUT2D eigenvalue weighted by Gasteiger charge is 2.19. The van der Waals surface area contributed by atoms with Gasteiger partial charge in [0.1, 0.15) is 29.0 Å². The van der Waals surface area contributed by atoms with E-state index in [0.717, 1.165) is 19.1 Å². The number of aromatic nitrogens is 2. The van der Waals surface area contributed by atoms with E-state index in [-0.39, 0.29) is 17.6 Å². The number of hydrogen-bond donors (Lipinski definition) is 2. The standard InChI is InChI=1S/C21H22N2O7S/c1-31(26,27)12-14-2-3-16(11-22-14)29-17-8-13-9-18(21(24)25)23-20(13)19(10-17)30-15-4-6-28-7-5-15/h2-3,8-11,15,23H,4-7,12H2,1H3,(H,24,25). The van der Waals surface area contributed by atoms with Gasteiger partial charge in [0, 0.05) is 30.6 Å². The Morgan fingerprint density at radius 1 is 1.23 bits per heavy atom. The number of nitrogens with one attached hydrogen (secondary N) is 1. The van der Waals surface area contributed by atoms with Crippen LogP contribution in [0.15, 0.2) is 36.5 Å². The first kappa shape index (κ1) is 21.1. The Morgan fingerprint density at radius 2 is 2.00 bits per heavy atom. The number of aromatic carboxylic acids is 1. The van der Waals surface area contributed by atoms with Gasteiger partial charge >= 0.3 is 5.97 Å². The number of nitrogens with zero attached hydrogens (tertiary/aromatic N) is 1. The third-order valence-corrected chi connectivity index (χ3v) is 5.62. The molecule has 0 saturated carbocycles. The SMILES string of the molecule is CS(=O)(=O)Cc1ccc(Oc2cc(OC3CCOCC3)c3[nH]c(C(=O)O)cc3c2)cn1. The Morgan fingerprint density at radius 3 is 2.65 bits per heavy atom. The Balaban J connectivity index is 1.63. The topological polar surface area (TPSA) is 128 Å². The molecule has 0 radical (unpaired) electrons. The summed E-state index contributed by atoms with van der Waals surface area (Å²) in [5.41, 5.74) is 1.05. The zero-order valence-corrected chi connectivity index (χ0v) is 17.6. The van der Waals surface area contributed by atoms with Crippen LogP contribution in [0.2, 0.25) is 0 Å².